The molecule has 1 aromatic rings. The van der Waals surface area contributed by atoms with Crippen molar-refractivity contribution in [3.8, 4) is 0 Å². The molecule has 1 heterocycles. The van der Waals surface area contributed by atoms with E-state index in [9.17, 15) is 5.11 Å². The molecule has 1 aliphatic heterocycles. The van der Waals surface area contributed by atoms with Crippen molar-refractivity contribution in [3.63, 3.8) is 0 Å². The molecule has 3 heteroatoms. The largest absolute Gasteiger partial charge is 0.391 e. The molecular weight excluding hydrogens is 240 g/mol. The highest BCUT2D eigenvalue weighted by molar-refractivity contribution is 5.30. The van der Waals surface area contributed by atoms with Gasteiger partial charge >= 0.3 is 0 Å². The minimum absolute atomic E-state index is 0.0106. The SMILES string of the molecule is CC(C)(C)OCC(O)CC1OCCc2ccccc21. The van der Waals surface area contributed by atoms with E-state index in [0.29, 0.717) is 13.0 Å². The van der Waals surface area contributed by atoms with Crippen LogP contribution in [0, 0.1) is 0 Å². The Morgan fingerprint density at radius 3 is 2.84 bits per heavy atom. The minimum atomic E-state index is -0.490. The van der Waals surface area contributed by atoms with E-state index in [1.54, 1.807) is 0 Å². The van der Waals surface area contributed by atoms with Crippen molar-refractivity contribution in [1.82, 2.24) is 0 Å². The lowest BCUT2D eigenvalue weighted by Crippen LogP contribution is -2.28. The summed E-state index contributed by atoms with van der Waals surface area (Å²) < 4.78 is 11.4. The van der Waals surface area contributed by atoms with Gasteiger partial charge in [-0.25, -0.2) is 0 Å². The standard InChI is InChI=1S/C16H24O3/c1-16(2,3)19-11-13(17)10-15-14-7-5-4-6-12(14)8-9-18-15/h4-7,13,15,17H,8-11H2,1-3H3. The first-order chi connectivity index (χ1) is 8.96. The number of hydrogen-bond acceptors (Lipinski definition) is 3. The molecular formula is C16H24O3. The van der Waals surface area contributed by atoms with Gasteiger partial charge in [0.2, 0.25) is 0 Å². The summed E-state index contributed by atoms with van der Waals surface area (Å²) in [5.41, 5.74) is 2.33. The van der Waals surface area contributed by atoms with Crippen LogP contribution >= 0.6 is 0 Å². The maximum Gasteiger partial charge on any atom is 0.0853 e. The molecule has 0 saturated carbocycles. The van der Waals surface area contributed by atoms with Crippen molar-refractivity contribution in [1.29, 1.82) is 0 Å². The average Bonchev–Trinajstić information content (AvgIpc) is 2.36. The Kier molecular flexibility index (Phi) is 4.61. The quantitative estimate of drug-likeness (QED) is 0.909. The third-order valence-electron chi connectivity index (χ3n) is 3.29. The summed E-state index contributed by atoms with van der Waals surface area (Å²) in [6.45, 7) is 7.06. The van der Waals surface area contributed by atoms with Crippen LogP contribution in [0.1, 0.15) is 44.4 Å². The summed E-state index contributed by atoms with van der Waals surface area (Å²) in [4.78, 5) is 0. The fraction of sp³-hybridized carbons (Fsp3) is 0.625. The normalized spacial score (nSPS) is 20.9. The summed E-state index contributed by atoms with van der Waals surface area (Å²) in [6, 6.07) is 8.32. The van der Waals surface area contributed by atoms with Gasteiger partial charge in [-0.15, -0.1) is 0 Å². The summed E-state index contributed by atoms with van der Waals surface area (Å²) in [6.07, 6.45) is 1.05. The second-order valence-corrected chi connectivity index (χ2v) is 6.12. The topological polar surface area (TPSA) is 38.7 Å². The maximum absolute atomic E-state index is 10.1. The van der Waals surface area contributed by atoms with Crippen molar-refractivity contribution in [3.05, 3.63) is 35.4 Å². The molecule has 0 amide bonds. The van der Waals surface area contributed by atoms with Crippen LogP contribution in [0.2, 0.25) is 0 Å². The zero-order chi connectivity index (χ0) is 13.9. The van der Waals surface area contributed by atoms with Crippen LogP contribution in [0.4, 0.5) is 0 Å². The predicted molar refractivity (Wildman–Crippen MR) is 75.2 cm³/mol. The Balaban J connectivity index is 1.93. The van der Waals surface area contributed by atoms with Crippen LogP contribution < -0.4 is 0 Å². The average molecular weight is 264 g/mol. The minimum Gasteiger partial charge on any atom is -0.391 e. The van der Waals surface area contributed by atoms with Gasteiger partial charge in [-0.1, -0.05) is 24.3 Å². The van der Waals surface area contributed by atoms with E-state index in [-0.39, 0.29) is 11.7 Å². The summed E-state index contributed by atoms with van der Waals surface area (Å²) in [7, 11) is 0. The van der Waals surface area contributed by atoms with Crippen molar-refractivity contribution in [2.24, 2.45) is 0 Å². The number of hydrogen-bond donors (Lipinski definition) is 1. The molecule has 0 radical (unpaired) electrons. The van der Waals surface area contributed by atoms with Crippen LogP contribution in [0.5, 0.6) is 0 Å². The molecule has 0 fully saturated rings. The molecule has 2 unspecified atom stereocenters. The first-order valence-electron chi connectivity index (χ1n) is 6.97. The van der Waals surface area contributed by atoms with E-state index in [4.69, 9.17) is 9.47 Å². The van der Waals surface area contributed by atoms with Crippen molar-refractivity contribution >= 4 is 0 Å². The zero-order valence-corrected chi connectivity index (χ0v) is 12.1. The van der Waals surface area contributed by atoms with Gasteiger partial charge in [0.15, 0.2) is 0 Å². The second kappa shape index (κ2) is 6.04. The van der Waals surface area contributed by atoms with Gasteiger partial charge in [-0.05, 0) is 38.3 Å². The Morgan fingerprint density at radius 2 is 2.11 bits per heavy atom. The van der Waals surface area contributed by atoms with Crippen molar-refractivity contribution < 1.29 is 14.6 Å². The maximum atomic E-state index is 10.1. The van der Waals surface area contributed by atoms with E-state index in [1.165, 1.54) is 11.1 Å². The summed E-state index contributed by atoms with van der Waals surface area (Å²) in [5.74, 6) is 0. The second-order valence-electron chi connectivity index (χ2n) is 6.12. The Hall–Kier alpha value is -0.900. The molecule has 1 aliphatic rings. The van der Waals surface area contributed by atoms with E-state index >= 15 is 0 Å². The molecule has 0 bridgehead atoms. The molecule has 0 saturated heterocycles. The van der Waals surface area contributed by atoms with Crippen LogP contribution in [0.3, 0.4) is 0 Å². The number of benzene rings is 1. The fourth-order valence-electron chi connectivity index (χ4n) is 2.33. The molecule has 2 atom stereocenters. The molecule has 0 aromatic heterocycles. The van der Waals surface area contributed by atoms with Gasteiger partial charge in [0.05, 0.1) is 31.0 Å². The highest BCUT2D eigenvalue weighted by Gasteiger charge is 2.24. The zero-order valence-electron chi connectivity index (χ0n) is 12.1. The van der Waals surface area contributed by atoms with Gasteiger partial charge in [0.25, 0.3) is 0 Å². The molecule has 1 aromatic carbocycles. The number of aliphatic hydroxyl groups is 1. The first-order valence-corrected chi connectivity index (χ1v) is 6.97. The summed E-state index contributed by atoms with van der Waals surface area (Å²) in [5, 5.41) is 10.1. The lowest BCUT2D eigenvalue weighted by molar-refractivity contribution is -0.0693. The third-order valence-corrected chi connectivity index (χ3v) is 3.29. The van der Waals surface area contributed by atoms with Crippen LogP contribution in [-0.2, 0) is 15.9 Å². The highest BCUT2D eigenvalue weighted by Crippen LogP contribution is 2.30. The first kappa shape index (κ1) is 14.5. The molecule has 106 valence electrons. The van der Waals surface area contributed by atoms with E-state index in [0.717, 1.165) is 13.0 Å². The number of aliphatic hydroxyl groups excluding tert-OH is 1. The van der Waals surface area contributed by atoms with Crippen molar-refractivity contribution in [2.45, 2.75) is 51.4 Å². The molecule has 1 N–H and O–H groups in total. The Morgan fingerprint density at radius 1 is 1.37 bits per heavy atom. The molecule has 0 spiro atoms. The van der Waals surface area contributed by atoms with Crippen LogP contribution in [0.25, 0.3) is 0 Å². The van der Waals surface area contributed by atoms with E-state index in [2.05, 4.69) is 18.2 Å². The number of ether oxygens (including phenoxy) is 2. The van der Waals surface area contributed by atoms with Gasteiger partial charge in [-0.3, -0.25) is 0 Å². The van der Waals surface area contributed by atoms with Gasteiger partial charge in [0.1, 0.15) is 0 Å². The Bertz CT molecular complexity index is 409. The number of rotatable bonds is 4. The smallest absolute Gasteiger partial charge is 0.0853 e. The fourth-order valence-corrected chi connectivity index (χ4v) is 2.33. The monoisotopic (exact) mass is 264 g/mol. The lowest BCUT2D eigenvalue weighted by atomic mass is 9.94. The van der Waals surface area contributed by atoms with Gasteiger partial charge in [0, 0.05) is 6.42 Å². The summed E-state index contributed by atoms with van der Waals surface area (Å²) >= 11 is 0. The van der Waals surface area contributed by atoms with Crippen LogP contribution in [-0.4, -0.2) is 30.0 Å². The molecule has 2 rings (SSSR count). The molecule has 3 nitrogen and oxygen atoms in total. The predicted octanol–water partition coefficient (Wildman–Crippen LogP) is 2.87. The van der Waals surface area contributed by atoms with E-state index in [1.807, 2.05) is 26.8 Å². The highest BCUT2D eigenvalue weighted by atomic mass is 16.5. The molecule has 0 aliphatic carbocycles. The Labute approximate surface area is 115 Å². The van der Waals surface area contributed by atoms with Gasteiger partial charge < -0.3 is 14.6 Å². The van der Waals surface area contributed by atoms with Crippen LogP contribution in [0.15, 0.2) is 24.3 Å². The third kappa shape index (κ3) is 4.30. The lowest BCUT2D eigenvalue weighted by Gasteiger charge is -2.29. The van der Waals surface area contributed by atoms with Gasteiger partial charge in [-0.2, -0.15) is 0 Å². The van der Waals surface area contributed by atoms with Crippen molar-refractivity contribution in [2.75, 3.05) is 13.2 Å². The number of fused-ring (bicyclic) bond motifs is 1. The van der Waals surface area contributed by atoms with E-state index < -0.39 is 6.10 Å². The molecule has 19 heavy (non-hydrogen) atoms.